The number of hydrogen-bond acceptors (Lipinski definition) is 8. The predicted octanol–water partition coefficient (Wildman–Crippen LogP) is 28.9. The molecule has 9 nitrogen and oxygen atoms in total. The number of nitrogens with zero attached hydrogens (tertiary/aromatic N) is 1. The number of ether oxygens (including phenoxy) is 2. The Labute approximate surface area is 633 Å². The van der Waals surface area contributed by atoms with E-state index in [9.17, 15) is 19.0 Å². The third-order valence-electron chi connectivity index (χ3n) is 19.3. The summed E-state index contributed by atoms with van der Waals surface area (Å²) in [4.78, 5) is 38.3. The summed E-state index contributed by atoms with van der Waals surface area (Å²) in [5.41, 5.74) is 0. The van der Waals surface area contributed by atoms with Crippen molar-refractivity contribution in [3.63, 3.8) is 0 Å². The molecule has 10 heteroatoms. The van der Waals surface area contributed by atoms with Crippen LogP contribution in [0.2, 0.25) is 0 Å². The Balaban J connectivity index is 3.90. The van der Waals surface area contributed by atoms with Crippen LogP contribution in [0.1, 0.15) is 412 Å². The topological polar surface area (TPSA) is 111 Å². The summed E-state index contributed by atoms with van der Waals surface area (Å²) in [6.07, 6.45) is 117. The molecule has 0 heterocycles. The van der Waals surface area contributed by atoms with E-state index < -0.39 is 26.5 Å². The first kappa shape index (κ1) is 98.7. The van der Waals surface area contributed by atoms with Crippen LogP contribution >= 0.6 is 7.82 Å². The number of esters is 2. The predicted molar refractivity (Wildman–Crippen MR) is 443 cm³/mol. The number of allylic oxidation sites excluding steroid dienone is 18. The Kier molecular flexibility index (Phi) is 79.1. The summed E-state index contributed by atoms with van der Waals surface area (Å²) in [6, 6.07) is 0. The third-order valence-corrected chi connectivity index (χ3v) is 20.2. The number of rotatable bonds is 81. The Hall–Kier alpha value is -3.33. The molecule has 2 unspecified atom stereocenters. The Morgan fingerprint density at radius 1 is 0.314 bits per heavy atom. The van der Waals surface area contributed by atoms with Crippen molar-refractivity contribution in [2.75, 3.05) is 47.5 Å². The van der Waals surface area contributed by atoms with Crippen LogP contribution < -0.4 is 4.89 Å². The molecule has 0 fully saturated rings. The maximum absolute atomic E-state index is 12.9. The van der Waals surface area contributed by atoms with Crippen LogP contribution in [0.25, 0.3) is 0 Å². The summed E-state index contributed by atoms with van der Waals surface area (Å²) >= 11 is 0. The molecule has 0 aliphatic carbocycles. The largest absolute Gasteiger partial charge is 0.756 e. The van der Waals surface area contributed by atoms with Gasteiger partial charge in [0.15, 0.2) is 6.10 Å². The zero-order chi connectivity index (χ0) is 74.0. The van der Waals surface area contributed by atoms with Gasteiger partial charge in [0, 0.05) is 12.8 Å². The molecule has 0 aromatic carbocycles. The molecule has 2 atom stereocenters. The monoisotopic (exact) mass is 1440 g/mol. The highest BCUT2D eigenvalue weighted by Gasteiger charge is 2.22. The van der Waals surface area contributed by atoms with Crippen LogP contribution in [-0.4, -0.2) is 70.0 Å². The highest BCUT2D eigenvalue weighted by Crippen LogP contribution is 2.38. The molecule has 102 heavy (non-hydrogen) atoms. The standard InChI is InChI=1S/C92H166NO8P/c1-6-8-10-12-14-16-18-20-22-24-26-28-30-32-34-36-38-40-42-44-45-46-47-49-50-52-54-56-58-60-62-64-66-68-70-72-74-76-78-80-82-84-91(94)98-88-90(89-100-102(96,97)99-87-86-93(3,4)5)101-92(95)85-83-81-79-77-75-73-71-69-67-65-63-61-59-57-55-53-51-48-43-41-39-37-35-33-31-29-27-25-23-21-19-17-15-13-11-9-7-2/h9,11,15,17-18,20-21,23-24,26-27,29,33,35,39,41,48,51,90H,6-8,10,12-14,16,19,22,25,28,30-32,34,36-38,40,42-47,49-50,52-89H2,1-5H3/b11-9-,17-15-,20-18-,23-21-,26-24-,29-27-,35-33-,41-39-,51-48-. The van der Waals surface area contributed by atoms with Gasteiger partial charge in [-0.1, -0.05) is 406 Å². The van der Waals surface area contributed by atoms with Gasteiger partial charge in [-0.25, -0.2) is 0 Å². The van der Waals surface area contributed by atoms with E-state index in [-0.39, 0.29) is 32.0 Å². The second-order valence-electron chi connectivity index (χ2n) is 30.5. The fraction of sp³-hybridized carbons (Fsp3) is 0.783. The summed E-state index contributed by atoms with van der Waals surface area (Å²) < 4.78 is 34.5. The zero-order valence-corrected chi connectivity index (χ0v) is 68.7. The van der Waals surface area contributed by atoms with Crippen molar-refractivity contribution >= 4 is 19.8 Å². The number of phosphoric acid groups is 1. The Morgan fingerprint density at radius 3 is 0.833 bits per heavy atom. The van der Waals surface area contributed by atoms with Gasteiger partial charge in [-0.3, -0.25) is 14.2 Å². The van der Waals surface area contributed by atoms with Crippen molar-refractivity contribution in [3.05, 3.63) is 109 Å². The molecule has 0 aliphatic heterocycles. The molecule has 0 bridgehead atoms. The molecule has 0 N–H and O–H groups in total. The minimum atomic E-state index is -4.65. The minimum Gasteiger partial charge on any atom is -0.756 e. The molecular weight excluding hydrogens is 1280 g/mol. The fourth-order valence-electron chi connectivity index (χ4n) is 12.7. The van der Waals surface area contributed by atoms with Gasteiger partial charge in [-0.2, -0.15) is 0 Å². The number of unbranched alkanes of at least 4 members (excludes halogenated alkanes) is 49. The first-order valence-electron chi connectivity index (χ1n) is 43.6. The Morgan fingerprint density at radius 2 is 0.559 bits per heavy atom. The van der Waals surface area contributed by atoms with Crippen LogP contribution in [0.3, 0.4) is 0 Å². The Bertz CT molecular complexity index is 2100. The normalized spacial score (nSPS) is 13.5. The van der Waals surface area contributed by atoms with Crippen LogP contribution in [0.15, 0.2) is 109 Å². The van der Waals surface area contributed by atoms with Gasteiger partial charge in [0.05, 0.1) is 27.7 Å². The summed E-state index contributed by atoms with van der Waals surface area (Å²) in [6.45, 7) is 4.17. The van der Waals surface area contributed by atoms with Gasteiger partial charge in [0.1, 0.15) is 19.8 Å². The maximum atomic E-state index is 12.9. The molecule has 0 rings (SSSR count). The van der Waals surface area contributed by atoms with Crippen LogP contribution in [0.4, 0.5) is 0 Å². The van der Waals surface area contributed by atoms with E-state index in [1.807, 2.05) is 21.1 Å². The lowest BCUT2D eigenvalue weighted by atomic mass is 10.0. The molecular formula is C92H166NO8P. The number of hydrogen-bond donors (Lipinski definition) is 0. The van der Waals surface area contributed by atoms with Gasteiger partial charge in [-0.05, 0) is 103 Å². The minimum absolute atomic E-state index is 0.0317. The number of likely N-dealkylation sites (N-methyl/N-ethyl adjacent to an activating group) is 1. The van der Waals surface area contributed by atoms with E-state index in [4.69, 9.17) is 18.5 Å². The van der Waals surface area contributed by atoms with E-state index in [0.29, 0.717) is 17.4 Å². The third kappa shape index (κ3) is 85.6. The average Bonchev–Trinajstić information content (AvgIpc) is 0.913. The summed E-state index contributed by atoms with van der Waals surface area (Å²) in [5.74, 6) is -0.817. The smallest absolute Gasteiger partial charge is 0.306 e. The van der Waals surface area contributed by atoms with Gasteiger partial charge < -0.3 is 27.9 Å². The van der Waals surface area contributed by atoms with E-state index in [0.717, 1.165) is 89.9 Å². The van der Waals surface area contributed by atoms with Crippen molar-refractivity contribution in [3.8, 4) is 0 Å². The van der Waals surface area contributed by atoms with E-state index >= 15 is 0 Å². The lowest BCUT2D eigenvalue weighted by Crippen LogP contribution is -2.37. The summed E-state index contributed by atoms with van der Waals surface area (Å²) in [5, 5.41) is 0. The second kappa shape index (κ2) is 81.7. The maximum Gasteiger partial charge on any atom is 0.306 e. The highest BCUT2D eigenvalue weighted by molar-refractivity contribution is 7.45. The average molecular weight is 1450 g/mol. The van der Waals surface area contributed by atoms with Crippen molar-refractivity contribution in [2.24, 2.45) is 0 Å². The zero-order valence-electron chi connectivity index (χ0n) is 67.8. The SMILES string of the molecule is CC/C=C\C/C=C\C/C=C\C/C=C\C/C=C\C/C=C\C/C=C\CCCCCCCCCCCCCCCCCC(=O)OC(COC(=O)CCCCCCCCCCCCCCCCCCCCCCCCCCCCCCC/C=C\C/C=C\CCCCCCC)COP(=O)([O-])OCC[N+](C)(C)C. The van der Waals surface area contributed by atoms with Crippen LogP contribution in [-0.2, 0) is 32.7 Å². The highest BCUT2D eigenvalue weighted by atomic mass is 31.2. The molecule has 0 amide bonds. The number of phosphoric ester groups is 1. The van der Waals surface area contributed by atoms with Crippen LogP contribution in [0.5, 0.6) is 0 Å². The van der Waals surface area contributed by atoms with Crippen molar-refractivity contribution in [1.82, 2.24) is 0 Å². The van der Waals surface area contributed by atoms with Gasteiger partial charge >= 0.3 is 11.9 Å². The molecule has 592 valence electrons. The second-order valence-corrected chi connectivity index (χ2v) is 31.9. The molecule has 0 aliphatic rings. The number of carbonyl (C=O) groups is 2. The van der Waals surface area contributed by atoms with Crippen molar-refractivity contribution in [1.29, 1.82) is 0 Å². The van der Waals surface area contributed by atoms with Gasteiger partial charge in [0.25, 0.3) is 7.82 Å². The first-order valence-corrected chi connectivity index (χ1v) is 45.1. The van der Waals surface area contributed by atoms with Crippen molar-refractivity contribution < 1.29 is 42.1 Å². The number of quaternary nitrogens is 1. The molecule has 0 saturated carbocycles. The van der Waals surface area contributed by atoms with E-state index in [1.165, 1.54) is 289 Å². The first-order chi connectivity index (χ1) is 50.0. The van der Waals surface area contributed by atoms with Gasteiger partial charge in [0.2, 0.25) is 0 Å². The van der Waals surface area contributed by atoms with Crippen LogP contribution in [0, 0.1) is 0 Å². The lowest BCUT2D eigenvalue weighted by Gasteiger charge is -2.28. The molecule has 0 aromatic heterocycles. The molecule has 0 spiro atoms. The number of carbonyl (C=O) groups excluding carboxylic acids is 2. The quantitative estimate of drug-likeness (QED) is 0.0195. The van der Waals surface area contributed by atoms with Gasteiger partial charge in [-0.15, -0.1) is 0 Å². The molecule has 0 saturated heterocycles. The lowest BCUT2D eigenvalue weighted by molar-refractivity contribution is -0.870. The van der Waals surface area contributed by atoms with E-state index in [2.05, 4.69) is 123 Å². The van der Waals surface area contributed by atoms with E-state index in [1.54, 1.807) is 0 Å². The molecule has 0 aromatic rings. The van der Waals surface area contributed by atoms with Crippen molar-refractivity contribution in [2.45, 2.75) is 418 Å². The fourth-order valence-corrected chi connectivity index (χ4v) is 13.4. The summed E-state index contributed by atoms with van der Waals surface area (Å²) in [7, 11) is 1.18. The molecule has 0 radical (unpaired) electrons.